The Bertz CT molecular complexity index is 1150. The van der Waals surface area contributed by atoms with Gasteiger partial charge in [-0.25, -0.2) is 4.98 Å². The lowest BCUT2D eigenvalue weighted by Crippen LogP contribution is -2.34. The molecular weight excluding hydrogens is 462 g/mol. The first kappa shape index (κ1) is 25.2. The number of hydrogen-bond donors (Lipinski definition) is 4. The molecule has 194 valence electrons. The first-order chi connectivity index (χ1) is 18.2. The number of rotatable bonds is 11. The molecule has 4 N–H and O–H groups in total. The molecule has 1 fully saturated rings. The first-order valence-electron chi connectivity index (χ1n) is 13.4. The number of aliphatic imine (C=N–C) groups is 1. The highest BCUT2D eigenvalue weighted by molar-refractivity contribution is 6.04. The SMILES string of the molecule is O=C(Nc1ccc(CNC2CCCCC2)cc1)c1ccc(CN(CC2=NCCN2)Cc2ncc[nH]2)cc1. The fourth-order valence-electron chi connectivity index (χ4n) is 5.03. The van der Waals surface area contributed by atoms with Gasteiger partial charge in [-0.1, -0.05) is 43.5 Å². The van der Waals surface area contributed by atoms with Crippen LogP contribution < -0.4 is 16.0 Å². The van der Waals surface area contributed by atoms with E-state index in [0.29, 0.717) is 18.2 Å². The van der Waals surface area contributed by atoms with Gasteiger partial charge in [-0.05, 0) is 48.2 Å². The van der Waals surface area contributed by atoms with Gasteiger partial charge in [0.15, 0.2) is 0 Å². The van der Waals surface area contributed by atoms with E-state index in [2.05, 4.69) is 47.9 Å². The number of amidine groups is 1. The van der Waals surface area contributed by atoms with E-state index in [1.807, 2.05) is 42.6 Å². The Hall–Kier alpha value is -3.49. The molecule has 0 bridgehead atoms. The normalized spacial score (nSPS) is 16.0. The molecule has 1 aliphatic heterocycles. The number of carbonyl (C=O) groups excluding carboxylic acids is 1. The minimum absolute atomic E-state index is 0.100. The van der Waals surface area contributed by atoms with E-state index in [9.17, 15) is 4.79 Å². The second-order valence-electron chi connectivity index (χ2n) is 10.0. The van der Waals surface area contributed by atoms with Crippen LogP contribution in [-0.2, 0) is 19.6 Å². The molecule has 8 heteroatoms. The number of aromatic amines is 1. The van der Waals surface area contributed by atoms with Crippen LogP contribution in [0, 0.1) is 0 Å². The highest BCUT2D eigenvalue weighted by atomic mass is 16.1. The summed E-state index contributed by atoms with van der Waals surface area (Å²) < 4.78 is 0. The molecule has 0 unspecified atom stereocenters. The zero-order chi connectivity index (χ0) is 25.3. The Kier molecular flexibility index (Phi) is 8.61. The fraction of sp³-hybridized carbons (Fsp3) is 0.414. The second kappa shape index (κ2) is 12.7. The summed E-state index contributed by atoms with van der Waals surface area (Å²) in [5.74, 6) is 1.83. The molecule has 5 rings (SSSR count). The van der Waals surface area contributed by atoms with E-state index in [-0.39, 0.29) is 5.91 Å². The van der Waals surface area contributed by atoms with Gasteiger partial charge < -0.3 is 20.9 Å². The molecule has 0 spiro atoms. The van der Waals surface area contributed by atoms with Gasteiger partial charge in [0, 0.05) is 49.3 Å². The number of H-pyrrole nitrogens is 1. The third kappa shape index (κ3) is 7.50. The summed E-state index contributed by atoms with van der Waals surface area (Å²) in [5, 5.41) is 10.0. The van der Waals surface area contributed by atoms with Crippen molar-refractivity contribution in [3.63, 3.8) is 0 Å². The predicted octanol–water partition coefficient (Wildman–Crippen LogP) is 4.09. The van der Waals surface area contributed by atoms with Gasteiger partial charge in [0.05, 0.1) is 19.6 Å². The quantitative estimate of drug-likeness (QED) is 0.319. The predicted molar refractivity (Wildman–Crippen MR) is 148 cm³/mol. The number of hydrogen-bond acceptors (Lipinski definition) is 6. The van der Waals surface area contributed by atoms with Crippen molar-refractivity contribution in [3.05, 3.63) is 83.4 Å². The van der Waals surface area contributed by atoms with Crippen LogP contribution >= 0.6 is 0 Å². The summed E-state index contributed by atoms with van der Waals surface area (Å²) in [4.78, 5) is 27.2. The van der Waals surface area contributed by atoms with Crippen molar-refractivity contribution < 1.29 is 4.79 Å². The van der Waals surface area contributed by atoms with Crippen molar-refractivity contribution >= 4 is 17.4 Å². The summed E-state index contributed by atoms with van der Waals surface area (Å²) in [5.41, 5.74) is 3.83. The van der Waals surface area contributed by atoms with Gasteiger partial charge >= 0.3 is 0 Å². The molecule has 1 aromatic heterocycles. The van der Waals surface area contributed by atoms with E-state index in [4.69, 9.17) is 0 Å². The fourth-order valence-corrected chi connectivity index (χ4v) is 5.03. The Labute approximate surface area is 219 Å². The Morgan fingerprint density at radius 3 is 2.43 bits per heavy atom. The zero-order valence-corrected chi connectivity index (χ0v) is 21.4. The molecule has 1 saturated carbocycles. The lowest BCUT2D eigenvalue weighted by molar-refractivity contribution is 0.102. The monoisotopic (exact) mass is 499 g/mol. The van der Waals surface area contributed by atoms with Gasteiger partial charge in [-0.15, -0.1) is 0 Å². The van der Waals surface area contributed by atoms with Crippen LogP contribution in [-0.4, -0.2) is 52.3 Å². The molecule has 1 amide bonds. The number of imidazole rings is 1. The Morgan fingerprint density at radius 1 is 0.946 bits per heavy atom. The van der Waals surface area contributed by atoms with E-state index in [0.717, 1.165) is 55.6 Å². The highest BCUT2D eigenvalue weighted by Crippen LogP contribution is 2.18. The van der Waals surface area contributed by atoms with E-state index in [1.165, 1.54) is 37.7 Å². The number of amides is 1. The van der Waals surface area contributed by atoms with Crippen LogP contribution in [0.4, 0.5) is 5.69 Å². The zero-order valence-electron chi connectivity index (χ0n) is 21.4. The molecule has 0 atom stereocenters. The minimum Gasteiger partial charge on any atom is -0.371 e. The second-order valence-corrected chi connectivity index (χ2v) is 10.0. The lowest BCUT2D eigenvalue weighted by atomic mass is 9.95. The number of nitrogens with one attached hydrogen (secondary N) is 4. The molecule has 8 nitrogen and oxygen atoms in total. The maximum absolute atomic E-state index is 12.8. The molecule has 0 radical (unpaired) electrons. The third-order valence-corrected chi connectivity index (χ3v) is 7.08. The summed E-state index contributed by atoms with van der Waals surface area (Å²) in [6, 6.07) is 16.6. The Balaban J connectivity index is 1.13. The maximum Gasteiger partial charge on any atom is 0.255 e. The average molecular weight is 500 g/mol. The number of nitrogens with zero attached hydrogens (tertiary/aromatic N) is 3. The smallest absolute Gasteiger partial charge is 0.255 e. The molecule has 37 heavy (non-hydrogen) atoms. The van der Waals surface area contributed by atoms with Crippen LogP contribution in [0.2, 0.25) is 0 Å². The van der Waals surface area contributed by atoms with Crippen molar-refractivity contribution in [2.75, 3.05) is 25.0 Å². The summed E-state index contributed by atoms with van der Waals surface area (Å²) >= 11 is 0. The van der Waals surface area contributed by atoms with E-state index < -0.39 is 0 Å². The van der Waals surface area contributed by atoms with Crippen molar-refractivity contribution in [1.82, 2.24) is 25.5 Å². The highest BCUT2D eigenvalue weighted by Gasteiger charge is 2.15. The Morgan fingerprint density at radius 2 is 1.73 bits per heavy atom. The van der Waals surface area contributed by atoms with Gasteiger partial charge in [0.1, 0.15) is 11.7 Å². The van der Waals surface area contributed by atoms with Gasteiger partial charge in [0.2, 0.25) is 0 Å². The van der Waals surface area contributed by atoms with Gasteiger partial charge in [-0.3, -0.25) is 14.7 Å². The van der Waals surface area contributed by atoms with Crippen LogP contribution in [0.5, 0.6) is 0 Å². The van der Waals surface area contributed by atoms with E-state index >= 15 is 0 Å². The minimum atomic E-state index is -0.100. The maximum atomic E-state index is 12.8. The number of carbonyl (C=O) groups is 1. The molecule has 2 aliphatic rings. The first-order valence-corrected chi connectivity index (χ1v) is 13.4. The van der Waals surface area contributed by atoms with Crippen LogP contribution in [0.1, 0.15) is 59.4 Å². The average Bonchev–Trinajstić information content (AvgIpc) is 3.64. The number of aromatic nitrogens is 2. The van der Waals surface area contributed by atoms with Crippen molar-refractivity contribution in [1.29, 1.82) is 0 Å². The molecule has 2 aromatic carbocycles. The molecule has 3 aromatic rings. The summed E-state index contributed by atoms with van der Waals surface area (Å²) in [6.07, 6.45) is 10.2. The van der Waals surface area contributed by atoms with Crippen LogP contribution in [0.15, 0.2) is 65.9 Å². The lowest BCUT2D eigenvalue weighted by Gasteiger charge is -2.22. The van der Waals surface area contributed by atoms with Gasteiger partial charge in [0.25, 0.3) is 5.91 Å². The van der Waals surface area contributed by atoms with Crippen LogP contribution in [0.3, 0.4) is 0 Å². The van der Waals surface area contributed by atoms with Crippen molar-refractivity contribution in [2.24, 2.45) is 4.99 Å². The molecule has 2 heterocycles. The standard InChI is InChI=1S/C29H37N7O/c37-29(35-26-12-8-22(9-13-26)18-34-25-4-2-1-3-5-25)24-10-6-23(7-11-24)19-36(20-27-30-14-15-31-27)21-28-32-16-17-33-28/h6-15,25,34H,1-5,16-21H2,(H,30,31)(H,32,33)(H,35,37). The summed E-state index contributed by atoms with van der Waals surface area (Å²) in [7, 11) is 0. The van der Waals surface area contributed by atoms with Crippen molar-refractivity contribution in [3.8, 4) is 0 Å². The molecule has 0 saturated heterocycles. The van der Waals surface area contributed by atoms with E-state index in [1.54, 1.807) is 6.20 Å². The third-order valence-electron chi connectivity index (χ3n) is 7.08. The van der Waals surface area contributed by atoms with Crippen molar-refractivity contribution in [2.45, 2.75) is 57.8 Å². The number of benzene rings is 2. The number of anilines is 1. The largest absolute Gasteiger partial charge is 0.371 e. The van der Waals surface area contributed by atoms with Gasteiger partial charge in [-0.2, -0.15) is 0 Å². The topological polar surface area (TPSA) is 97.4 Å². The van der Waals surface area contributed by atoms with Crippen LogP contribution in [0.25, 0.3) is 0 Å². The molecular formula is C29H37N7O. The summed E-state index contributed by atoms with van der Waals surface area (Å²) in [6.45, 7) is 4.76. The molecule has 1 aliphatic carbocycles.